The second kappa shape index (κ2) is 6.49. The van der Waals surface area contributed by atoms with E-state index in [0.717, 1.165) is 19.0 Å². The lowest BCUT2D eigenvalue weighted by atomic mass is 9.94. The van der Waals surface area contributed by atoms with E-state index in [4.69, 9.17) is 0 Å². The number of hydrogen-bond acceptors (Lipinski definition) is 3. The predicted octanol–water partition coefficient (Wildman–Crippen LogP) is 2.85. The Hall–Kier alpha value is -0.930. The summed E-state index contributed by atoms with van der Waals surface area (Å²) in [4.78, 5) is 7.11. The molecule has 1 fully saturated rings. The van der Waals surface area contributed by atoms with Crippen molar-refractivity contribution >= 4 is 0 Å². The second-order valence-corrected chi connectivity index (χ2v) is 5.88. The van der Waals surface area contributed by atoms with Crippen LogP contribution in [0, 0.1) is 5.92 Å². The highest BCUT2D eigenvalue weighted by atomic mass is 15.3. The van der Waals surface area contributed by atoms with Crippen molar-refractivity contribution in [3.05, 3.63) is 30.1 Å². The zero-order valence-corrected chi connectivity index (χ0v) is 12.6. The minimum atomic E-state index is 0.393. The van der Waals surface area contributed by atoms with Crippen molar-refractivity contribution in [2.75, 3.05) is 13.1 Å². The van der Waals surface area contributed by atoms with Gasteiger partial charge in [0.2, 0.25) is 0 Å². The summed E-state index contributed by atoms with van der Waals surface area (Å²) < 4.78 is 0. The molecule has 0 spiro atoms. The lowest BCUT2D eigenvalue weighted by molar-refractivity contribution is 0.0802. The predicted molar refractivity (Wildman–Crippen MR) is 80.1 cm³/mol. The normalized spacial score (nSPS) is 28.0. The number of hydrogen-bond donors (Lipinski definition) is 1. The maximum Gasteiger partial charge on any atom is 0.0572 e. The number of pyridine rings is 1. The Bertz CT molecular complexity index is 379. The molecular weight excluding hydrogens is 234 g/mol. The molecule has 1 aromatic heterocycles. The van der Waals surface area contributed by atoms with Crippen LogP contribution < -0.4 is 5.32 Å². The van der Waals surface area contributed by atoms with E-state index in [1.54, 1.807) is 0 Å². The molecule has 1 aliphatic heterocycles. The van der Waals surface area contributed by atoms with Gasteiger partial charge in [0.15, 0.2) is 0 Å². The van der Waals surface area contributed by atoms with Gasteiger partial charge in [0.05, 0.1) is 5.69 Å². The largest absolute Gasteiger partial charge is 0.311 e. The van der Waals surface area contributed by atoms with Crippen molar-refractivity contribution < 1.29 is 0 Å². The Morgan fingerprint density at radius 1 is 1.42 bits per heavy atom. The molecule has 0 aromatic carbocycles. The van der Waals surface area contributed by atoms with Gasteiger partial charge in [0, 0.05) is 37.4 Å². The molecule has 4 unspecified atom stereocenters. The Morgan fingerprint density at radius 3 is 2.84 bits per heavy atom. The molecule has 2 heterocycles. The van der Waals surface area contributed by atoms with Crippen LogP contribution in [-0.4, -0.2) is 35.1 Å². The van der Waals surface area contributed by atoms with Gasteiger partial charge in [-0.1, -0.05) is 26.3 Å². The van der Waals surface area contributed by atoms with Gasteiger partial charge in [-0.25, -0.2) is 0 Å². The number of nitrogens with one attached hydrogen (secondary N) is 1. The molecule has 3 nitrogen and oxygen atoms in total. The summed E-state index contributed by atoms with van der Waals surface area (Å²) in [6.45, 7) is 11.4. The van der Waals surface area contributed by atoms with Gasteiger partial charge in [-0.2, -0.15) is 0 Å². The number of nitrogens with zero attached hydrogens (tertiary/aromatic N) is 2. The summed E-state index contributed by atoms with van der Waals surface area (Å²) >= 11 is 0. The summed E-state index contributed by atoms with van der Waals surface area (Å²) in [6.07, 6.45) is 3.13. The van der Waals surface area contributed by atoms with Crippen LogP contribution in [0.2, 0.25) is 0 Å². The van der Waals surface area contributed by atoms with Crippen LogP contribution >= 0.6 is 0 Å². The number of aromatic nitrogens is 1. The fraction of sp³-hybridized carbons (Fsp3) is 0.688. The van der Waals surface area contributed by atoms with Gasteiger partial charge in [-0.05, 0) is 31.9 Å². The minimum Gasteiger partial charge on any atom is -0.311 e. The van der Waals surface area contributed by atoms with Crippen molar-refractivity contribution in [1.82, 2.24) is 15.2 Å². The van der Waals surface area contributed by atoms with Gasteiger partial charge in [-0.3, -0.25) is 9.88 Å². The maximum atomic E-state index is 4.52. The average Bonchev–Trinajstić information content (AvgIpc) is 2.47. The van der Waals surface area contributed by atoms with Crippen LogP contribution in [0.3, 0.4) is 0 Å². The summed E-state index contributed by atoms with van der Waals surface area (Å²) in [7, 11) is 0. The summed E-state index contributed by atoms with van der Waals surface area (Å²) in [6, 6.07) is 7.77. The van der Waals surface area contributed by atoms with Crippen LogP contribution in [0.5, 0.6) is 0 Å². The van der Waals surface area contributed by atoms with Crippen LogP contribution in [0.25, 0.3) is 0 Å². The van der Waals surface area contributed by atoms with Crippen LogP contribution in [0.4, 0.5) is 0 Å². The molecule has 106 valence electrons. The van der Waals surface area contributed by atoms with Gasteiger partial charge >= 0.3 is 0 Å². The van der Waals surface area contributed by atoms with E-state index in [2.05, 4.69) is 55.0 Å². The Balaban J connectivity index is 2.08. The zero-order chi connectivity index (χ0) is 13.8. The third-order valence-electron chi connectivity index (χ3n) is 4.59. The van der Waals surface area contributed by atoms with E-state index in [1.807, 2.05) is 12.3 Å². The Kier molecular flexibility index (Phi) is 4.94. The van der Waals surface area contributed by atoms with Gasteiger partial charge in [0.25, 0.3) is 0 Å². The first-order valence-corrected chi connectivity index (χ1v) is 7.53. The monoisotopic (exact) mass is 261 g/mol. The summed E-state index contributed by atoms with van der Waals surface area (Å²) in [5, 5.41) is 3.69. The quantitative estimate of drug-likeness (QED) is 0.903. The zero-order valence-electron chi connectivity index (χ0n) is 12.6. The van der Waals surface area contributed by atoms with Gasteiger partial charge in [0.1, 0.15) is 0 Å². The van der Waals surface area contributed by atoms with E-state index in [1.165, 1.54) is 12.1 Å². The molecule has 0 bridgehead atoms. The maximum absolute atomic E-state index is 4.52. The molecular formula is C16H27N3. The van der Waals surface area contributed by atoms with Crippen molar-refractivity contribution in [2.45, 2.75) is 52.2 Å². The first-order chi connectivity index (χ1) is 9.13. The van der Waals surface area contributed by atoms with E-state index < -0.39 is 0 Å². The van der Waals surface area contributed by atoms with Gasteiger partial charge < -0.3 is 5.32 Å². The van der Waals surface area contributed by atoms with Crippen molar-refractivity contribution in [3.63, 3.8) is 0 Å². The molecule has 0 aliphatic carbocycles. The molecule has 1 aliphatic rings. The number of piperazine rings is 1. The third kappa shape index (κ3) is 3.34. The lowest BCUT2D eigenvalue weighted by Gasteiger charge is -2.43. The first kappa shape index (κ1) is 14.5. The molecule has 1 N–H and O–H groups in total. The topological polar surface area (TPSA) is 28.2 Å². The van der Waals surface area contributed by atoms with Crippen molar-refractivity contribution in [1.29, 1.82) is 0 Å². The van der Waals surface area contributed by atoms with Crippen LogP contribution in [0.1, 0.15) is 45.9 Å². The molecule has 0 radical (unpaired) electrons. The highest BCUT2D eigenvalue weighted by Crippen LogP contribution is 2.25. The molecule has 4 atom stereocenters. The third-order valence-corrected chi connectivity index (χ3v) is 4.59. The highest BCUT2D eigenvalue weighted by molar-refractivity contribution is 5.09. The van der Waals surface area contributed by atoms with Crippen molar-refractivity contribution in [3.8, 4) is 0 Å². The van der Waals surface area contributed by atoms with E-state index in [-0.39, 0.29) is 0 Å². The van der Waals surface area contributed by atoms with Crippen LogP contribution in [0.15, 0.2) is 24.4 Å². The molecule has 0 saturated carbocycles. The summed E-state index contributed by atoms with van der Waals surface area (Å²) in [5.41, 5.74) is 1.18. The lowest BCUT2D eigenvalue weighted by Crippen LogP contribution is -2.57. The molecule has 19 heavy (non-hydrogen) atoms. The molecule has 0 amide bonds. The fourth-order valence-corrected chi connectivity index (χ4v) is 2.91. The fourth-order valence-electron chi connectivity index (χ4n) is 2.91. The second-order valence-electron chi connectivity index (χ2n) is 5.88. The van der Waals surface area contributed by atoms with Crippen molar-refractivity contribution in [2.24, 2.45) is 5.92 Å². The molecule has 3 heteroatoms. The Labute approximate surface area is 117 Å². The van der Waals surface area contributed by atoms with E-state index in [9.17, 15) is 0 Å². The van der Waals surface area contributed by atoms with E-state index in [0.29, 0.717) is 18.1 Å². The van der Waals surface area contributed by atoms with Gasteiger partial charge in [-0.15, -0.1) is 0 Å². The molecule has 1 saturated heterocycles. The highest BCUT2D eigenvalue weighted by Gasteiger charge is 2.31. The smallest absolute Gasteiger partial charge is 0.0572 e. The first-order valence-electron chi connectivity index (χ1n) is 7.53. The molecule has 2 rings (SSSR count). The Morgan fingerprint density at radius 2 is 2.21 bits per heavy atom. The SMILES string of the molecule is CCC(C)C1CN(C(C)c2ccccn2)C(C)CN1. The van der Waals surface area contributed by atoms with E-state index >= 15 is 0 Å². The standard InChI is InChI=1S/C16H27N3/c1-5-12(2)16-11-19(13(3)10-18-16)14(4)15-8-6-7-9-17-15/h6-9,12-14,16,18H,5,10-11H2,1-4H3. The average molecular weight is 261 g/mol. The molecule has 1 aromatic rings. The summed E-state index contributed by atoms with van der Waals surface area (Å²) in [5.74, 6) is 0.728. The van der Waals surface area contributed by atoms with Crippen LogP contribution in [-0.2, 0) is 0 Å². The number of rotatable bonds is 4. The minimum absolute atomic E-state index is 0.393.